The third kappa shape index (κ3) is 2.49. The highest BCUT2D eigenvalue weighted by molar-refractivity contribution is 5.63. The first-order valence-electron chi connectivity index (χ1n) is 4.62. The second-order valence-electron chi connectivity index (χ2n) is 3.23. The molecule has 0 aliphatic heterocycles. The van der Waals surface area contributed by atoms with Crippen molar-refractivity contribution in [2.24, 2.45) is 0 Å². The number of nitrogens with zero attached hydrogens (tertiary/aromatic N) is 1. The molecule has 0 radical (unpaired) electrons. The van der Waals surface area contributed by atoms with E-state index in [2.05, 4.69) is 14.9 Å². The van der Waals surface area contributed by atoms with Crippen LogP contribution in [0.5, 0.6) is 5.75 Å². The second-order valence-corrected chi connectivity index (χ2v) is 3.23. The van der Waals surface area contributed by atoms with Crippen LogP contribution < -0.4 is 10.5 Å². The van der Waals surface area contributed by atoms with Crippen molar-refractivity contribution in [2.45, 2.75) is 6.61 Å². The fourth-order valence-corrected chi connectivity index (χ4v) is 1.37. The van der Waals surface area contributed by atoms with E-state index in [0.717, 1.165) is 6.07 Å². The first kappa shape index (κ1) is 11.3. The zero-order chi connectivity index (χ0) is 12.4. The Balaban J connectivity index is 2.31. The fraction of sp³-hybridized carbons (Fsp3) is 0.100. The average molecular weight is 243 g/mol. The van der Waals surface area contributed by atoms with Gasteiger partial charge < -0.3 is 10.5 Å². The molecule has 0 bridgehead atoms. The summed E-state index contributed by atoms with van der Waals surface area (Å²) < 4.78 is 41.5. The lowest BCUT2D eigenvalue weighted by molar-refractivity contribution is -0.0499. The largest absolute Gasteiger partial charge is 0.435 e. The monoisotopic (exact) mass is 243 g/mol. The summed E-state index contributed by atoms with van der Waals surface area (Å²) in [4.78, 5) is 0. The Morgan fingerprint density at radius 3 is 2.59 bits per heavy atom. The summed E-state index contributed by atoms with van der Waals surface area (Å²) in [6.45, 7) is -2.98. The van der Waals surface area contributed by atoms with E-state index in [-0.39, 0.29) is 17.1 Å². The van der Waals surface area contributed by atoms with Crippen LogP contribution in [0.4, 0.5) is 19.0 Å². The number of rotatable bonds is 3. The Morgan fingerprint density at radius 2 is 2.06 bits per heavy atom. The Morgan fingerprint density at radius 1 is 1.29 bits per heavy atom. The van der Waals surface area contributed by atoms with E-state index >= 15 is 0 Å². The zero-order valence-electron chi connectivity index (χ0n) is 8.45. The number of aromatic nitrogens is 2. The number of hydrogen-bond acceptors (Lipinski definition) is 3. The molecule has 1 aromatic heterocycles. The van der Waals surface area contributed by atoms with Crippen LogP contribution in [0.15, 0.2) is 24.3 Å². The molecule has 1 aromatic carbocycles. The number of benzene rings is 1. The molecule has 0 saturated heterocycles. The number of anilines is 1. The minimum Gasteiger partial charge on any atom is -0.435 e. The molecule has 2 rings (SSSR count). The molecule has 0 saturated carbocycles. The molecule has 7 heteroatoms. The molecule has 0 spiro atoms. The molecule has 0 fully saturated rings. The van der Waals surface area contributed by atoms with Crippen LogP contribution in [0.1, 0.15) is 0 Å². The van der Waals surface area contributed by atoms with Gasteiger partial charge in [0.2, 0.25) is 0 Å². The van der Waals surface area contributed by atoms with Crippen LogP contribution in [0, 0.1) is 5.82 Å². The maximum atomic E-state index is 13.6. The van der Waals surface area contributed by atoms with Crippen molar-refractivity contribution >= 4 is 5.82 Å². The van der Waals surface area contributed by atoms with Crippen LogP contribution >= 0.6 is 0 Å². The topological polar surface area (TPSA) is 63.9 Å². The highest BCUT2D eigenvalue weighted by atomic mass is 19.3. The summed E-state index contributed by atoms with van der Waals surface area (Å²) in [6.07, 6.45) is 0. The third-order valence-electron chi connectivity index (χ3n) is 2.05. The number of ether oxygens (including phenoxy) is 1. The van der Waals surface area contributed by atoms with Crippen molar-refractivity contribution in [3.05, 3.63) is 30.1 Å². The predicted molar refractivity (Wildman–Crippen MR) is 55.0 cm³/mol. The van der Waals surface area contributed by atoms with E-state index in [0.29, 0.717) is 5.69 Å². The van der Waals surface area contributed by atoms with Gasteiger partial charge in [-0.25, -0.2) is 4.39 Å². The Kier molecular flexibility index (Phi) is 2.90. The standard InChI is InChI=1S/C10H8F3N3O/c11-7-3-5(17-10(12)13)1-2-6(7)8-4-9(14)16-15-8/h1-4,10H,(H3,14,15,16). The first-order chi connectivity index (χ1) is 8.06. The number of aromatic amines is 1. The van der Waals surface area contributed by atoms with Crippen LogP contribution in [-0.4, -0.2) is 16.8 Å². The van der Waals surface area contributed by atoms with Gasteiger partial charge in [0.25, 0.3) is 0 Å². The molecule has 2 aromatic rings. The molecule has 90 valence electrons. The number of nitrogen functional groups attached to an aromatic ring is 1. The third-order valence-corrected chi connectivity index (χ3v) is 2.05. The van der Waals surface area contributed by atoms with Gasteiger partial charge in [-0.1, -0.05) is 0 Å². The normalized spacial score (nSPS) is 10.8. The minimum atomic E-state index is -2.98. The highest BCUT2D eigenvalue weighted by Gasteiger charge is 2.11. The summed E-state index contributed by atoms with van der Waals surface area (Å²) in [6, 6.07) is 4.85. The first-order valence-corrected chi connectivity index (χ1v) is 4.62. The van der Waals surface area contributed by atoms with E-state index < -0.39 is 12.4 Å². The van der Waals surface area contributed by atoms with Gasteiger partial charge in [-0.05, 0) is 12.1 Å². The second kappa shape index (κ2) is 4.36. The van der Waals surface area contributed by atoms with Gasteiger partial charge >= 0.3 is 6.61 Å². The van der Waals surface area contributed by atoms with Crippen molar-refractivity contribution in [1.82, 2.24) is 10.2 Å². The van der Waals surface area contributed by atoms with Crippen molar-refractivity contribution in [2.75, 3.05) is 5.73 Å². The Labute approximate surface area is 94.2 Å². The molecule has 17 heavy (non-hydrogen) atoms. The molecule has 0 aliphatic rings. The Hall–Kier alpha value is -2.18. The van der Waals surface area contributed by atoms with Gasteiger partial charge in [-0.15, -0.1) is 0 Å². The lowest BCUT2D eigenvalue weighted by atomic mass is 10.1. The SMILES string of the molecule is Nc1cc(-c2ccc(OC(F)F)cc2F)[nH]n1. The van der Waals surface area contributed by atoms with E-state index in [1.54, 1.807) is 0 Å². The number of nitrogens with one attached hydrogen (secondary N) is 1. The van der Waals surface area contributed by atoms with Crippen LogP contribution in [0.3, 0.4) is 0 Å². The summed E-state index contributed by atoms with van der Waals surface area (Å²) in [5.41, 5.74) is 5.91. The molecule has 4 nitrogen and oxygen atoms in total. The van der Waals surface area contributed by atoms with E-state index in [9.17, 15) is 13.2 Å². The van der Waals surface area contributed by atoms with Gasteiger partial charge in [-0.2, -0.15) is 13.9 Å². The van der Waals surface area contributed by atoms with Gasteiger partial charge in [0, 0.05) is 17.7 Å². The number of alkyl halides is 2. The predicted octanol–water partition coefficient (Wildman–Crippen LogP) is 2.40. The molecule has 0 unspecified atom stereocenters. The van der Waals surface area contributed by atoms with Gasteiger partial charge in [0.1, 0.15) is 17.4 Å². The van der Waals surface area contributed by atoms with E-state index in [4.69, 9.17) is 5.73 Å². The van der Waals surface area contributed by atoms with E-state index in [1.165, 1.54) is 18.2 Å². The summed E-state index contributed by atoms with van der Waals surface area (Å²) in [5.74, 6) is -0.729. The quantitative estimate of drug-likeness (QED) is 0.869. The fourth-order valence-electron chi connectivity index (χ4n) is 1.37. The molecule has 0 amide bonds. The smallest absolute Gasteiger partial charge is 0.387 e. The summed E-state index contributed by atoms with van der Waals surface area (Å²) in [5, 5.41) is 6.16. The molecule has 1 heterocycles. The van der Waals surface area contributed by atoms with Crippen molar-refractivity contribution < 1.29 is 17.9 Å². The number of H-pyrrole nitrogens is 1. The lowest BCUT2D eigenvalue weighted by Gasteiger charge is -2.06. The number of nitrogens with two attached hydrogens (primary N) is 1. The van der Waals surface area contributed by atoms with Crippen molar-refractivity contribution in [1.29, 1.82) is 0 Å². The van der Waals surface area contributed by atoms with Crippen molar-refractivity contribution in [3.8, 4) is 17.0 Å². The van der Waals surface area contributed by atoms with E-state index in [1.807, 2.05) is 0 Å². The Bertz CT molecular complexity index is 527. The molecule has 0 aliphatic carbocycles. The molecule has 0 atom stereocenters. The van der Waals surface area contributed by atoms with Gasteiger partial charge in [0.15, 0.2) is 0 Å². The van der Waals surface area contributed by atoms with Gasteiger partial charge in [-0.3, -0.25) is 5.10 Å². The number of halogens is 3. The molecular weight excluding hydrogens is 235 g/mol. The van der Waals surface area contributed by atoms with Crippen LogP contribution in [0.25, 0.3) is 11.3 Å². The van der Waals surface area contributed by atoms with Crippen LogP contribution in [-0.2, 0) is 0 Å². The lowest BCUT2D eigenvalue weighted by Crippen LogP contribution is -2.02. The minimum absolute atomic E-state index is 0.177. The van der Waals surface area contributed by atoms with Crippen molar-refractivity contribution in [3.63, 3.8) is 0 Å². The maximum Gasteiger partial charge on any atom is 0.387 e. The molecule has 3 N–H and O–H groups in total. The average Bonchev–Trinajstić information content (AvgIpc) is 2.64. The maximum absolute atomic E-state index is 13.6. The van der Waals surface area contributed by atoms with Gasteiger partial charge in [0.05, 0.1) is 5.69 Å². The zero-order valence-corrected chi connectivity index (χ0v) is 8.45. The van der Waals surface area contributed by atoms with Crippen LogP contribution in [0.2, 0.25) is 0 Å². The highest BCUT2D eigenvalue weighted by Crippen LogP contribution is 2.26. The summed E-state index contributed by atoms with van der Waals surface area (Å²) in [7, 11) is 0. The summed E-state index contributed by atoms with van der Waals surface area (Å²) >= 11 is 0. The number of hydrogen-bond donors (Lipinski definition) is 2. The molecular formula is C10H8F3N3O.